The third kappa shape index (κ3) is 10.7. The van der Waals surface area contributed by atoms with Crippen LogP contribution in [0.4, 0.5) is 0 Å². The normalized spacial score (nSPS) is 57.3. The number of carbonyl (C=O) groups is 1. The second-order valence-corrected chi connectivity index (χ2v) is 27.7. The number of aliphatic hydroxyl groups is 16. The second-order valence-electron chi connectivity index (χ2n) is 27.7. The molecule has 27 nitrogen and oxygen atoms in total. The lowest BCUT2D eigenvalue weighted by atomic mass is 9.33. The summed E-state index contributed by atoms with van der Waals surface area (Å²) in [6.07, 6.45) is -36.6. The molecule has 5 aliphatic carbocycles. The molecule has 36 atom stereocenters. The molecule has 4 saturated carbocycles. The molecule has 488 valence electrons. The molecular formula is C58H94O27. The van der Waals surface area contributed by atoms with Gasteiger partial charge in [-0.3, -0.25) is 4.79 Å². The van der Waals surface area contributed by atoms with Gasteiger partial charge in [0.05, 0.1) is 56.4 Å². The van der Waals surface area contributed by atoms with Crippen LogP contribution in [0.15, 0.2) is 11.6 Å². The average Bonchev–Trinajstić information content (AvgIpc) is 0.866. The van der Waals surface area contributed by atoms with Crippen LogP contribution in [0.1, 0.15) is 107 Å². The maximum atomic E-state index is 15.4. The minimum atomic E-state index is -1.98. The van der Waals surface area contributed by atoms with Crippen molar-refractivity contribution >= 4 is 5.97 Å². The van der Waals surface area contributed by atoms with Gasteiger partial charge in [0.1, 0.15) is 97.0 Å². The van der Waals surface area contributed by atoms with Crippen molar-refractivity contribution in [3.05, 3.63) is 11.6 Å². The zero-order valence-corrected chi connectivity index (χ0v) is 49.4. The molecule has 85 heavy (non-hydrogen) atoms. The molecule has 9 fully saturated rings. The largest absolute Gasteiger partial charge is 0.432 e. The SMILES string of the molecule is C[C@@H]1CC[C@]2(C(=O)O[C@@H]3O[C@H](C)[C@H](O)[C@H](O)[C@H]3O[C@@H]3O[C@@H](C)[C@H](O[C@@H]4OC[C@@H](O)[C@H](O[C@@H]5O[C@@H](C)[C@H](O)[C@@H](O)[C@H]5O)[C@H]4O)[C@@H](O)[C@H]3O)[C@H](O)C[C@]3(C)C(=CC[C@@H]4[C@@]5(C)C[C@H](O)[C@H](O[C@@H]6O[C@H](CO)[C@@H](O)[C@H](O)[C@H]6O)C(C)(CO)[C@@H]5CC[C@]43C)[C@@H]2C1. The van der Waals surface area contributed by atoms with Crippen molar-refractivity contribution in [3.8, 4) is 0 Å². The zero-order chi connectivity index (χ0) is 62.1. The van der Waals surface area contributed by atoms with E-state index in [4.69, 9.17) is 47.4 Å². The highest BCUT2D eigenvalue weighted by Crippen LogP contribution is 2.76. The van der Waals surface area contributed by atoms with Crippen LogP contribution >= 0.6 is 0 Å². The van der Waals surface area contributed by atoms with E-state index in [9.17, 15) is 81.7 Å². The average molecular weight is 1220 g/mol. The summed E-state index contributed by atoms with van der Waals surface area (Å²) in [5, 5.41) is 177. The number of aliphatic hydroxyl groups excluding tert-OH is 16. The highest BCUT2D eigenvalue weighted by atomic mass is 16.8. The summed E-state index contributed by atoms with van der Waals surface area (Å²) < 4.78 is 59.3. The Morgan fingerprint density at radius 1 is 0.565 bits per heavy atom. The summed E-state index contributed by atoms with van der Waals surface area (Å²) in [5.41, 5.74) is -3.61. The van der Waals surface area contributed by atoms with Crippen LogP contribution in [0.2, 0.25) is 0 Å². The number of allylic oxidation sites excluding steroid dienone is 2. The number of esters is 1. The number of fused-ring (bicyclic) bond motifs is 7. The molecule has 0 aromatic carbocycles. The van der Waals surface area contributed by atoms with E-state index >= 15 is 4.79 Å². The Bertz CT molecular complexity index is 2370. The third-order valence-corrected chi connectivity index (χ3v) is 22.9. The van der Waals surface area contributed by atoms with Gasteiger partial charge < -0.3 is 129 Å². The van der Waals surface area contributed by atoms with Crippen LogP contribution in [-0.2, 0) is 52.2 Å². The molecule has 0 radical (unpaired) electrons. The maximum absolute atomic E-state index is 15.4. The second kappa shape index (κ2) is 24.4. The highest BCUT2D eigenvalue weighted by molar-refractivity contribution is 5.80. The van der Waals surface area contributed by atoms with Gasteiger partial charge in [-0.25, -0.2) is 0 Å². The van der Waals surface area contributed by atoms with Crippen LogP contribution in [-0.4, -0.2) is 273 Å². The Balaban J connectivity index is 0.855. The number of rotatable bonds is 12. The van der Waals surface area contributed by atoms with Crippen molar-refractivity contribution in [1.82, 2.24) is 0 Å². The molecular weight excluding hydrogens is 1130 g/mol. The van der Waals surface area contributed by atoms with Crippen LogP contribution in [0, 0.1) is 50.7 Å². The number of carbonyl (C=O) groups excluding carboxylic acids is 1. The van der Waals surface area contributed by atoms with Gasteiger partial charge in [0.2, 0.25) is 6.29 Å². The van der Waals surface area contributed by atoms with Crippen LogP contribution in [0.5, 0.6) is 0 Å². The lowest BCUT2D eigenvalue weighted by Gasteiger charge is -2.72. The Kier molecular flexibility index (Phi) is 18.9. The van der Waals surface area contributed by atoms with Gasteiger partial charge in [-0.2, -0.15) is 0 Å². The molecule has 0 spiro atoms. The van der Waals surface area contributed by atoms with Gasteiger partial charge in [-0.15, -0.1) is 0 Å². The molecule has 10 rings (SSSR count). The molecule has 16 N–H and O–H groups in total. The summed E-state index contributed by atoms with van der Waals surface area (Å²) >= 11 is 0. The van der Waals surface area contributed by atoms with Crippen LogP contribution in [0.25, 0.3) is 0 Å². The van der Waals surface area contributed by atoms with Crippen molar-refractivity contribution in [2.45, 2.75) is 272 Å². The van der Waals surface area contributed by atoms with Gasteiger partial charge in [0, 0.05) is 5.41 Å². The fourth-order valence-electron chi connectivity index (χ4n) is 17.7. The first-order valence-corrected chi connectivity index (χ1v) is 30.4. The van der Waals surface area contributed by atoms with Gasteiger partial charge in [0.15, 0.2) is 31.3 Å². The van der Waals surface area contributed by atoms with Gasteiger partial charge in [-0.1, -0.05) is 46.3 Å². The molecule has 0 bridgehead atoms. The first kappa shape index (κ1) is 66.1. The van der Waals surface area contributed by atoms with Gasteiger partial charge in [0.25, 0.3) is 0 Å². The molecule has 0 aromatic rings. The standard InChI is InChI=1S/C58H94O27/c1-21-11-14-58(26(15-21)25-9-10-31-54(5)16-27(61)47(84-51-41(72)37(68)35(66)29(18-59)80-51)55(6,20-60)30(54)12-13-56(31,7)57(25,8)17-32(58)63)53(75)85-52-46(38(69)34(65)23(3)78-52)83-50-42(73)39(70)44(24(4)79-50)81-48-43(74)45(28(62)19-76-48)82-49-40(71)36(67)33(64)22(2)77-49/h9,21-24,26-52,59-74H,10-20H2,1-8H3/t21-,22+,23-,24+,26+,27+,28-,29-,30-,31-,32-,33+,34+,35-,36-,37+,38+,39+,40-,41-,42-,43-,44+,45+,46-,47+,48+,49+,50+,51+,52+,54+,55?,56-,57-,58-/m1/s1. The lowest BCUT2D eigenvalue weighted by molar-refractivity contribution is -0.380. The van der Waals surface area contributed by atoms with Crippen molar-refractivity contribution in [2.75, 3.05) is 19.8 Å². The Labute approximate surface area is 493 Å². The molecule has 0 amide bonds. The summed E-state index contributed by atoms with van der Waals surface area (Å²) in [5.74, 6) is -1.69. The summed E-state index contributed by atoms with van der Waals surface area (Å²) in [4.78, 5) is 15.4. The maximum Gasteiger partial charge on any atom is 0.317 e. The van der Waals surface area contributed by atoms with Gasteiger partial charge in [-0.05, 0) is 112 Å². The molecule has 0 aromatic heterocycles. The Morgan fingerprint density at radius 3 is 1.78 bits per heavy atom. The van der Waals surface area contributed by atoms with E-state index in [2.05, 4.69) is 33.8 Å². The molecule has 1 unspecified atom stereocenters. The van der Waals surface area contributed by atoms with E-state index in [0.29, 0.717) is 32.1 Å². The van der Waals surface area contributed by atoms with E-state index in [1.54, 1.807) is 0 Å². The van der Waals surface area contributed by atoms with Crippen molar-refractivity contribution < 1.29 is 134 Å². The highest BCUT2D eigenvalue weighted by Gasteiger charge is 2.73. The first-order chi connectivity index (χ1) is 39.8. The predicted octanol–water partition coefficient (Wildman–Crippen LogP) is -3.97. The zero-order valence-electron chi connectivity index (χ0n) is 49.4. The van der Waals surface area contributed by atoms with E-state index in [0.717, 1.165) is 5.57 Å². The van der Waals surface area contributed by atoms with E-state index < -0.39 is 225 Å². The third-order valence-electron chi connectivity index (χ3n) is 22.9. The molecule has 5 heterocycles. The van der Waals surface area contributed by atoms with Crippen molar-refractivity contribution in [2.24, 2.45) is 50.7 Å². The Morgan fingerprint density at radius 2 is 1.13 bits per heavy atom. The fourth-order valence-corrected chi connectivity index (χ4v) is 17.7. The molecule has 10 aliphatic rings. The first-order valence-electron chi connectivity index (χ1n) is 30.4. The molecule has 5 saturated heterocycles. The minimum Gasteiger partial charge on any atom is -0.432 e. The van der Waals surface area contributed by atoms with Crippen molar-refractivity contribution in [3.63, 3.8) is 0 Å². The smallest absolute Gasteiger partial charge is 0.317 e. The molecule has 27 heteroatoms. The van der Waals surface area contributed by atoms with Crippen LogP contribution in [0.3, 0.4) is 0 Å². The van der Waals surface area contributed by atoms with Gasteiger partial charge >= 0.3 is 5.97 Å². The van der Waals surface area contributed by atoms with E-state index in [1.807, 2.05) is 6.92 Å². The number of hydrogen-bond acceptors (Lipinski definition) is 27. The van der Waals surface area contributed by atoms with E-state index in [-0.39, 0.29) is 37.0 Å². The fraction of sp³-hybridized carbons (Fsp3) is 0.948. The monoisotopic (exact) mass is 1220 g/mol. The van der Waals surface area contributed by atoms with Crippen molar-refractivity contribution in [1.29, 1.82) is 0 Å². The molecule has 5 aliphatic heterocycles. The number of ether oxygens (including phenoxy) is 10. The number of hydrogen-bond donors (Lipinski definition) is 16. The summed E-state index contributed by atoms with van der Waals surface area (Å²) in [6, 6.07) is 0. The summed E-state index contributed by atoms with van der Waals surface area (Å²) in [7, 11) is 0. The van der Waals surface area contributed by atoms with E-state index in [1.165, 1.54) is 20.8 Å². The Hall–Kier alpha value is -1.79. The topological polar surface area (TPSA) is 433 Å². The lowest BCUT2D eigenvalue weighted by Crippen LogP contribution is -2.70. The predicted molar refractivity (Wildman–Crippen MR) is 285 cm³/mol. The minimum absolute atomic E-state index is 0.110. The summed E-state index contributed by atoms with van der Waals surface area (Å²) in [6.45, 7) is 13.1. The quantitative estimate of drug-likeness (QED) is 0.0503. The van der Waals surface area contributed by atoms with Crippen LogP contribution < -0.4 is 0 Å².